The molecule has 0 amide bonds. The van der Waals surface area contributed by atoms with E-state index in [1.165, 1.54) is 0 Å². The Kier molecular flexibility index (Phi) is 4.32. The van der Waals surface area contributed by atoms with Crippen LogP contribution in [0.2, 0.25) is 0 Å². The minimum absolute atomic E-state index is 0.204. The molecule has 0 aliphatic heterocycles. The molecule has 1 heterocycles. The van der Waals surface area contributed by atoms with Crippen LogP contribution in [0, 0.1) is 0 Å². The summed E-state index contributed by atoms with van der Waals surface area (Å²) in [6.45, 7) is 5.18. The van der Waals surface area contributed by atoms with E-state index in [4.69, 9.17) is 5.11 Å². The summed E-state index contributed by atoms with van der Waals surface area (Å²) >= 11 is 0. The van der Waals surface area contributed by atoms with E-state index < -0.39 is 0 Å². The molecule has 0 aromatic carbocycles. The molecule has 4 nitrogen and oxygen atoms in total. The number of aliphatic hydroxyl groups excluding tert-OH is 1. The summed E-state index contributed by atoms with van der Waals surface area (Å²) in [6.07, 6.45) is 4.21. The lowest BCUT2D eigenvalue weighted by Crippen LogP contribution is -2.33. The fraction of sp³-hybridized carbons (Fsp3) is 0.600. The molecule has 0 aliphatic rings. The third kappa shape index (κ3) is 2.96. The van der Waals surface area contributed by atoms with Crippen molar-refractivity contribution in [2.24, 2.45) is 0 Å². The molecule has 0 unspecified atom stereocenters. The van der Waals surface area contributed by atoms with Crippen molar-refractivity contribution < 1.29 is 5.11 Å². The van der Waals surface area contributed by atoms with Gasteiger partial charge in [0.25, 0.3) is 0 Å². The van der Waals surface area contributed by atoms with E-state index in [0.29, 0.717) is 6.04 Å². The van der Waals surface area contributed by atoms with Gasteiger partial charge in [0.05, 0.1) is 0 Å². The molecule has 1 N–H and O–H groups in total. The molecular formula is C10H17N3O. The van der Waals surface area contributed by atoms with Crippen LogP contribution in [0.1, 0.15) is 20.3 Å². The Labute approximate surface area is 84.6 Å². The largest absolute Gasteiger partial charge is 0.396 e. The Morgan fingerprint density at radius 3 is 2.50 bits per heavy atom. The van der Waals surface area contributed by atoms with Gasteiger partial charge in [0.2, 0.25) is 5.95 Å². The summed E-state index contributed by atoms with van der Waals surface area (Å²) in [4.78, 5) is 10.5. The minimum Gasteiger partial charge on any atom is -0.396 e. The van der Waals surface area contributed by atoms with Crippen LogP contribution in [-0.2, 0) is 0 Å². The second-order valence-electron chi connectivity index (χ2n) is 3.41. The van der Waals surface area contributed by atoms with Gasteiger partial charge in [-0.25, -0.2) is 9.97 Å². The molecule has 1 aromatic rings. The summed E-state index contributed by atoms with van der Waals surface area (Å²) in [6, 6.07) is 2.15. The number of hydrogen-bond acceptors (Lipinski definition) is 4. The van der Waals surface area contributed by atoms with Gasteiger partial charge >= 0.3 is 0 Å². The van der Waals surface area contributed by atoms with E-state index in [1.54, 1.807) is 18.5 Å². The predicted molar refractivity (Wildman–Crippen MR) is 56.2 cm³/mol. The smallest absolute Gasteiger partial charge is 0.225 e. The number of nitrogens with zero attached hydrogens (tertiary/aromatic N) is 3. The maximum atomic E-state index is 8.78. The lowest BCUT2D eigenvalue weighted by molar-refractivity contribution is 0.288. The van der Waals surface area contributed by atoms with E-state index in [1.807, 2.05) is 0 Å². The zero-order valence-corrected chi connectivity index (χ0v) is 8.72. The molecule has 0 aliphatic carbocycles. The van der Waals surface area contributed by atoms with Crippen molar-refractivity contribution in [1.29, 1.82) is 0 Å². The highest BCUT2D eigenvalue weighted by atomic mass is 16.3. The van der Waals surface area contributed by atoms with Crippen LogP contribution >= 0.6 is 0 Å². The molecule has 0 bridgehead atoms. The molecule has 1 rings (SSSR count). The average Bonchev–Trinajstić information content (AvgIpc) is 2.19. The van der Waals surface area contributed by atoms with Crippen molar-refractivity contribution in [3.8, 4) is 0 Å². The van der Waals surface area contributed by atoms with Crippen molar-refractivity contribution in [2.75, 3.05) is 18.1 Å². The number of aromatic nitrogens is 2. The lowest BCUT2D eigenvalue weighted by Gasteiger charge is -2.26. The van der Waals surface area contributed by atoms with E-state index >= 15 is 0 Å². The van der Waals surface area contributed by atoms with Crippen molar-refractivity contribution in [1.82, 2.24) is 9.97 Å². The Morgan fingerprint density at radius 1 is 1.36 bits per heavy atom. The molecule has 0 spiro atoms. The van der Waals surface area contributed by atoms with Crippen molar-refractivity contribution >= 4 is 5.95 Å². The SMILES string of the molecule is CC(C)N(CCCO)c1ncccn1. The van der Waals surface area contributed by atoms with Gasteiger partial charge < -0.3 is 10.0 Å². The highest BCUT2D eigenvalue weighted by Gasteiger charge is 2.11. The fourth-order valence-electron chi connectivity index (χ4n) is 1.27. The van der Waals surface area contributed by atoms with E-state index in [2.05, 4.69) is 28.7 Å². The number of anilines is 1. The topological polar surface area (TPSA) is 49.2 Å². The van der Waals surface area contributed by atoms with Gasteiger partial charge in [0, 0.05) is 31.6 Å². The Balaban J connectivity index is 2.68. The van der Waals surface area contributed by atoms with Crippen molar-refractivity contribution in [3.63, 3.8) is 0 Å². The highest BCUT2D eigenvalue weighted by molar-refractivity contribution is 5.29. The summed E-state index contributed by atoms with van der Waals surface area (Å²) in [5.41, 5.74) is 0. The highest BCUT2D eigenvalue weighted by Crippen LogP contribution is 2.09. The lowest BCUT2D eigenvalue weighted by atomic mass is 10.3. The average molecular weight is 195 g/mol. The van der Waals surface area contributed by atoms with E-state index in [0.717, 1.165) is 18.9 Å². The van der Waals surface area contributed by atoms with E-state index in [9.17, 15) is 0 Å². The summed E-state index contributed by atoms with van der Waals surface area (Å²) in [5.74, 6) is 0.732. The maximum Gasteiger partial charge on any atom is 0.225 e. The summed E-state index contributed by atoms with van der Waals surface area (Å²) < 4.78 is 0. The summed E-state index contributed by atoms with van der Waals surface area (Å²) in [5, 5.41) is 8.78. The molecule has 0 saturated carbocycles. The van der Waals surface area contributed by atoms with Crippen molar-refractivity contribution in [3.05, 3.63) is 18.5 Å². The molecule has 14 heavy (non-hydrogen) atoms. The first-order valence-electron chi connectivity index (χ1n) is 4.90. The first-order valence-corrected chi connectivity index (χ1v) is 4.90. The van der Waals surface area contributed by atoms with Gasteiger partial charge in [-0.05, 0) is 26.3 Å². The third-order valence-corrected chi connectivity index (χ3v) is 1.99. The standard InChI is InChI=1S/C10H17N3O/c1-9(2)13(7-4-8-14)10-11-5-3-6-12-10/h3,5-6,9,14H,4,7-8H2,1-2H3. The number of hydrogen-bond donors (Lipinski definition) is 1. The quantitative estimate of drug-likeness (QED) is 0.763. The van der Waals surface area contributed by atoms with Gasteiger partial charge in [-0.2, -0.15) is 0 Å². The molecule has 0 atom stereocenters. The predicted octanol–water partition coefficient (Wildman–Crippen LogP) is 1.07. The van der Waals surface area contributed by atoms with Gasteiger partial charge in [-0.1, -0.05) is 0 Å². The Hall–Kier alpha value is -1.16. The zero-order chi connectivity index (χ0) is 10.4. The number of rotatable bonds is 5. The first kappa shape index (κ1) is 10.9. The molecule has 0 saturated heterocycles. The normalized spacial score (nSPS) is 10.6. The monoisotopic (exact) mass is 195 g/mol. The molecule has 78 valence electrons. The second-order valence-corrected chi connectivity index (χ2v) is 3.41. The van der Waals surface area contributed by atoms with Gasteiger partial charge in [-0.3, -0.25) is 0 Å². The summed E-state index contributed by atoms with van der Waals surface area (Å²) in [7, 11) is 0. The van der Waals surface area contributed by atoms with Crippen LogP contribution in [0.3, 0.4) is 0 Å². The van der Waals surface area contributed by atoms with Crippen LogP contribution in [0.4, 0.5) is 5.95 Å². The minimum atomic E-state index is 0.204. The Morgan fingerprint density at radius 2 is 2.00 bits per heavy atom. The van der Waals surface area contributed by atoms with Crippen LogP contribution in [0.25, 0.3) is 0 Å². The molecule has 0 radical (unpaired) electrons. The first-order chi connectivity index (χ1) is 6.75. The zero-order valence-electron chi connectivity index (χ0n) is 8.72. The van der Waals surface area contributed by atoms with Crippen molar-refractivity contribution in [2.45, 2.75) is 26.3 Å². The van der Waals surface area contributed by atoms with Crippen LogP contribution in [0.5, 0.6) is 0 Å². The van der Waals surface area contributed by atoms with E-state index in [-0.39, 0.29) is 6.61 Å². The molecule has 1 aromatic heterocycles. The third-order valence-electron chi connectivity index (χ3n) is 1.99. The molecular weight excluding hydrogens is 178 g/mol. The van der Waals surface area contributed by atoms with Crippen LogP contribution < -0.4 is 4.90 Å². The Bertz CT molecular complexity index is 251. The fourth-order valence-corrected chi connectivity index (χ4v) is 1.27. The number of aliphatic hydroxyl groups is 1. The maximum absolute atomic E-state index is 8.78. The van der Waals surface area contributed by atoms with Gasteiger partial charge in [-0.15, -0.1) is 0 Å². The second kappa shape index (κ2) is 5.54. The molecule has 0 fully saturated rings. The van der Waals surface area contributed by atoms with Gasteiger partial charge in [0.15, 0.2) is 0 Å². The molecule has 4 heteroatoms. The van der Waals surface area contributed by atoms with Crippen LogP contribution in [-0.4, -0.2) is 34.3 Å². The van der Waals surface area contributed by atoms with Crippen LogP contribution in [0.15, 0.2) is 18.5 Å². The van der Waals surface area contributed by atoms with Gasteiger partial charge in [0.1, 0.15) is 0 Å².